The highest BCUT2D eigenvalue weighted by Gasteiger charge is 2.38. The molecule has 0 bridgehead atoms. The zero-order valence-corrected chi connectivity index (χ0v) is 12.6. The van der Waals surface area contributed by atoms with E-state index in [1.807, 2.05) is 36.1 Å². The first-order valence-corrected chi connectivity index (χ1v) is 7.85. The lowest BCUT2D eigenvalue weighted by atomic mass is 10.1. The molecule has 1 N–H and O–H groups in total. The van der Waals surface area contributed by atoms with Crippen molar-refractivity contribution in [2.75, 3.05) is 6.54 Å². The summed E-state index contributed by atoms with van der Waals surface area (Å²) in [6, 6.07) is 7.69. The van der Waals surface area contributed by atoms with E-state index in [0.717, 1.165) is 17.1 Å². The lowest BCUT2D eigenvalue weighted by Gasteiger charge is -2.27. The Morgan fingerprint density at radius 2 is 2.10 bits per heavy atom. The molecule has 20 heavy (non-hydrogen) atoms. The van der Waals surface area contributed by atoms with Gasteiger partial charge in [0.15, 0.2) is 0 Å². The van der Waals surface area contributed by atoms with Crippen LogP contribution in [0.4, 0.5) is 0 Å². The van der Waals surface area contributed by atoms with E-state index in [2.05, 4.69) is 5.32 Å². The van der Waals surface area contributed by atoms with E-state index in [9.17, 15) is 4.79 Å². The predicted octanol–water partition coefficient (Wildman–Crippen LogP) is 3.35. The smallest absolute Gasteiger partial charge is 0.241 e. The predicted molar refractivity (Wildman–Crippen MR) is 80.5 cm³/mol. The van der Waals surface area contributed by atoms with Gasteiger partial charge in [-0.15, -0.1) is 0 Å². The standard InChI is InChI=1S/C16H21ClN2O/c1-11-16(20)19(10-12-5-2-3-6-12)15(18-11)13-7-4-8-14(17)9-13/h4,7-9,11-12,15,18H,2-3,5-6,10H2,1H3. The number of halogens is 1. The number of carbonyl (C=O) groups excluding carboxylic acids is 1. The van der Waals surface area contributed by atoms with Gasteiger partial charge in [0.1, 0.15) is 6.17 Å². The van der Waals surface area contributed by atoms with Gasteiger partial charge in [-0.3, -0.25) is 10.1 Å². The van der Waals surface area contributed by atoms with Crippen molar-refractivity contribution in [3.63, 3.8) is 0 Å². The third-order valence-corrected chi connectivity index (χ3v) is 4.70. The van der Waals surface area contributed by atoms with Crippen molar-refractivity contribution in [3.8, 4) is 0 Å². The first-order valence-electron chi connectivity index (χ1n) is 7.47. The molecule has 1 saturated carbocycles. The van der Waals surface area contributed by atoms with Crippen molar-refractivity contribution < 1.29 is 4.79 Å². The van der Waals surface area contributed by atoms with Crippen molar-refractivity contribution >= 4 is 17.5 Å². The van der Waals surface area contributed by atoms with Crippen molar-refractivity contribution in [1.29, 1.82) is 0 Å². The van der Waals surface area contributed by atoms with Gasteiger partial charge in [-0.2, -0.15) is 0 Å². The lowest BCUT2D eigenvalue weighted by molar-refractivity contribution is -0.130. The average Bonchev–Trinajstić information content (AvgIpc) is 3.03. The van der Waals surface area contributed by atoms with Crippen LogP contribution < -0.4 is 5.32 Å². The number of nitrogens with zero attached hydrogens (tertiary/aromatic N) is 1. The van der Waals surface area contributed by atoms with Gasteiger partial charge in [-0.05, 0) is 43.4 Å². The summed E-state index contributed by atoms with van der Waals surface area (Å²) in [5.41, 5.74) is 1.08. The third-order valence-electron chi connectivity index (χ3n) is 4.47. The summed E-state index contributed by atoms with van der Waals surface area (Å²) >= 11 is 6.08. The molecule has 2 aliphatic rings. The Kier molecular flexibility index (Phi) is 3.99. The van der Waals surface area contributed by atoms with Crippen LogP contribution in [0.5, 0.6) is 0 Å². The van der Waals surface area contributed by atoms with Gasteiger partial charge in [-0.25, -0.2) is 0 Å². The molecule has 1 aromatic rings. The Morgan fingerprint density at radius 3 is 2.80 bits per heavy atom. The van der Waals surface area contributed by atoms with E-state index in [4.69, 9.17) is 11.6 Å². The second-order valence-electron chi connectivity index (χ2n) is 5.99. The largest absolute Gasteiger partial charge is 0.321 e. The van der Waals surface area contributed by atoms with Crippen LogP contribution in [0.1, 0.15) is 44.3 Å². The fourth-order valence-corrected chi connectivity index (χ4v) is 3.59. The molecule has 2 atom stereocenters. The molecule has 108 valence electrons. The fraction of sp³-hybridized carbons (Fsp3) is 0.562. The van der Waals surface area contributed by atoms with Crippen LogP contribution in [0.25, 0.3) is 0 Å². The lowest BCUT2D eigenvalue weighted by Crippen LogP contribution is -2.34. The van der Waals surface area contributed by atoms with Crippen LogP contribution in [0.15, 0.2) is 24.3 Å². The van der Waals surface area contributed by atoms with Crippen molar-refractivity contribution in [3.05, 3.63) is 34.9 Å². The molecule has 0 spiro atoms. The molecule has 2 fully saturated rings. The van der Waals surface area contributed by atoms with E-state index in [-0.39, 0.29) is 18.1 Å². The highest BCUT2D eigenvalue weighted by molar-refractivity contribution is 6.30. The summed E-state index contributed by atoms with van der Waals surface area (Å²) in [5.74, 6) is 0.870. The molecule has 0 aromatic heterocycles. The van der Waals surface area contributed by atoms with E-state index in [1.165, 1.54) is 25.7 Å². The summed E-state index contributed by atoms with van der Waals surface area (Å²) in [6.07, 6.45) is 5.08. The third kappa shape index (κ3) is 2.70. The molecular formula is C16H21ClN2O. The van der Waals surface area contributed by atoms with E-state index >= 15 is 0 Å². The molecule has 3 nitrogen and oxygen atoms in total. The van der Waals surface area contributed by atoms with Crippen molar-refractivity contribution in [2.45, 2.75) is 44.8 Å². The quantitative estimate of drug-likeness (QED) is 0.926. The van der Waals surface area contributed by atoms with Gasteiger partial charge in [0.2, 0.25) is 5.91 Å². The van der Waals surface area contributed by atoms with E-state index in [0.29, 0.717) is 5.92 Å². The summed E-state index contributed by atoms with van der Waals surface area (Å²) in [7, 11) is 0. The normalized spacial score (nSPS) is 27.5. The SMILES string of the molecule is CC1NC(c2cccc(Cl)c2)N(CC2CCCC2)C1=O. The molecule has 1 aliphatic carbocycles. The number of hydrogen-bond donors (Lipinski definition) is 1. The van der Waals surface area contributed by atoms with Gasteiger partial charge >= 0.3 is 0 Å². The Labute approximate surface area is 125 Å². The monoisotopic (exact) mass is 292 g/mol. The summed E-state index contributed by atoms with van der Waals surface area (Å²) in [6.45, 7) is 2.81. The minimum absolute atomic E-state index is 0.0307. The van der Waals surface area contributed by atoms with Gasteiger partial charge < -0.3 is 4.90 Å². The van der Waals surface area contributed by atoms with Gasteiger partial charge in [0, 0.05) is 11.6 Å². The summed E-state index contributed by atoms with van der Waals surface area (Å²) in [5, 5.41) is 4.11. The topological polar surface area (TPSA) is 32.3 Å². The first-order chi connectivity index (χ1) is 9.65. The Balaban J connectivity index is 1.81. The van der Waals surface area contributed by atoms with Crippen LogP contribution in [0, 0.1) is 5.92 Å². The maximum atomic E-state index is 12.4. The summed E-state index contributed by atoms with van der Waals surface area (Å²) < 4.78 is 0. The first kappa shape index (κ1) is 13.9. The van der Waals surface area contributed by atoms with Crippen LogP contribution >= 0.6 is 11.6 Å². The molecule has 1 amide bonds. The Hall–Kier alpha value is -1.06. The molecule has 3 rings (SSSR count). The average molecular weight is 293 g/mol. The zero-order chi connectivity index (χ0) is 14.1. The summed E-state index contributed by atoms with van der Waals surface area (Å²) in [4.78, 5) is 14.4. The van der Waals surface area contributed by atoms with Crippen molar-refractivity contribution in [2.24, 2.45) is 5.92 Å². The molecular weight excluding hydrogens is 272 g/mol. The maximum Gasteiger partial charge on any atom is 0.241 e. The van der Waals surface area contributed by atoms with Crippen molar-refractivity contribution in [1.82, 2.24) is 10.2 Å². The van der Waals surface area contributed by atoms with Gasteiger partial charge in [0.05, 0.1) is 6.04 Å². The molecule has 1 aromatic carbocycles. The number of rotatable bonds is 3. The van der Waals surface area contributed by atoms with Gasteiger partial charge in [0.25, 0.3) is 0 Å². The molecule has 1 saturated heterocycles. The highest BCUT2D eigenvalue weighted by atomic mass is 35.5. The second kappa shape index (κ2) is 5.74. The van der Waals surface area contributed by atoms with Crippen LogP contribution in [-0.4, -0.2) is 23.4 Å². The van der Waals surface area contributed by atoms with Crippen LogP contribution in [-0.2, 0) is 4.79 Å². The molecule has 4 heteroatoms. The minimum atomic E-state index is -0.111. The number of hydrogen-bond acceptors (Lipinski definition) is 2. The van der Waals surface area contributed by atoms with Crippen LogP contribution in [0.2, 0.25) is 5.02 Å². The molecule has 0 radical (unpaired) electrons. The Morgan fingerprint density at radius 1 is 1.35 bits per heavy atom. The second-order valence-corrected chi connectivity index (χ2v) is 6.42. The zero-order valence-electron chi connectivity index (χ0n) is 11.8. The highest BCUT2D eigenvalue weighted by Crippen LogP contribution is 2.32. The maximum absolute atomic E-state index is 12.4. The van der Waals surface area contributed by atoms with Gasteiger partial charge in [-0.1, -0.05) is 36.6 Å². The molecule has 1 heterocycles. The number of amides is 1. The Bertz CT molecular complexity index is 499. The number of carbonyl (C=O) groups is 1. The number of benzene rings is 1. The number of nitrogens with one attached hydrogen (secondary N) is 1. The molecule has 2 unspecified atom stereocenters. The van der Waals surface area contributed by atoms with E-state index < -0.39 is 0 Å². The minimum Gasteiger partial charge on any atom is -0.321 e. The van der Waals surface area contributed by atoms with E-state index in [1.54, 1.807) is 0 Å². The fourth-order valence-electron chi connectivity index (χ4n) is 3.39. The molecule has 1 aliphatic heterocycles. The van der Waals surface area contributed by atoms with Crippen LogP contribution in [0.3, 0.4) is 0 Å².